The third kappa shape index (κ3) is 6.91. The minimum Gasteiger partial charge on any atom is -0.403 e. The van der Waals surface area contributed by atoms with Gasteiger partial charge in [0.2, 0.25) is 0 Å². The van der Waals surface area contributed by atoms with Crippen molar-refractivity contribution in [1.82, 2.24) is 0 Å². The molecule has 0 aromatic carbocycles. The lowest BCUT2D eigenvalue weighted by molar-refractivity contribution is -0.185. The highest BCUT2D eigenvalue weighted by molar-refractivity contribution is 5.83. The Hall–Kier alpha value is -1.42. The lowest BCUT2D eigenvalue weighted by Gasteiger charge is -2.66. The molecule has 6 nitrogen and oxygen atoms in total. The Kier molecular flexibility index (Phi) is 12.5. The normalized spacial score (nSPS) is 41.3. The van der Waals surface area contributed by atoms with Gasteiger partial charge in [0.1, 0.15) is 6.07 Å². The number of allylic oxidation sites excluding steroid dienone is 1. The standard InChI is InChI=1S/C30H49N3O2.C2H6.CH4O/c1-20-6-9-24(30(4,34)19-33-17-22(15-31)16-32)23-8-11-26-25-10-7-21(18-35-5)14-28(25,2)12-13-29(26,3)27(20)23;2*1-2/h15,17,20-21,23-27,34H,6-14,18-19,31H2,1-5H3;1-2H3;2H,1H3/b22-15-,33-17?;;/t20?,21?,23?,24-,25?,26?,27?,28?,29?,30-;;/m0../s1. The Labute approximate surface area is 239 Å². The highest BCUT2D eigenvalue weighted by Gasteiger charge is 2.62. The number of aliphatic hydroxyl groups excluding tert-OH is 1. The Morgan fingerprint density at radius 2 is 1.77 bits per heavy atom. The zero-order valence-electron chi connectivity index (χ0n) is 26.2. The number of nitrogens with zero attached hydrogens (tertiary/aromatic N) is 2. The van der Waals surface area contributed by atoms with E-state index in [-0.39, 0.29) is 5.92 Å². The molecule has 39 heavy (non-hydrogen) atoms. The van der Waals surface area contributed by atoms with Gasteiger partial charge in [0.15, 0.2) is 0 Å². The van der Waals surface area contributed by atoms with Crippen molar-refractivity contribution in [2.24, 2.45) is 63.0 Å². The summed E-state index contributed by atoms with van der Waals surface area (Å²) >= 11 is 0. The van der Waals surface area contributed by atoms with Crippen LogP contribution in [0.15, 0.2) is 16.8 Å². The third-order valence-corrected chi connectivity index (χ3v) is 11.4. The van der Waals surface area contributed by atoms with Crippen LogP contribution in [0.5, 0.6) is 0 Å². The van der Waals surface area contributed by atoms with Crippen LogP contribution < -0.4 is 5.73 Å². The molecule has 0 radical (unpaired) electrons. The molecule has 10 atom stereocenters. The van der Waals surface area contributed by atoms with Gasteiger partial charge in [-0.15, -0.1) is 0 Å². The molecule has 0 aliphatic heterocycles. The fraction of sp³-hybridized carbons (Fsp3) is 0.879. The largest absolute Gasteiger partial charge is 0.403 e. The van der Waals surface area contributed by atoms with E-state index in [1.807, 2.05) is 34.0 Å². The fourth-order valence-corrected chi connectivity index (χ4v) is 9.90. The number of aliphatic imine (C=N–C) groups is 1. The lowest BCUT2D eigenvalue weighted by atomic mass is 9.39. The summed E-state index contributed by atoms with van der Waals surface area (Å²) in [5.74, 6) is 4.57. The molecule has 224 valence electrons. The first-order valence-corrected chi connectivity index (χ1v) is 15.6. The van der Waals surface area contributed by atoms with Crippen molar-refractivity contribution in [2.45, 2.75) is 105 Å². The van der Waals surface area contributed by atoms with Crippen LogP contribution >= 0.6 is 0 Å². The van der Waals surface area contributed by atoms with Crippen molar-refractivity contribution in [1.29, 1.82) is 5.26 Å². The Balaban J connectivity index is 0.00000127. The van der Waals surface area contributed by atoms with Gasteiger partial charge < -0.3 is 20.7 Å². The predicted molar refractivity (Wildman–Crippen MR) is 161 cm³/mol. The molecular weight excluding hydrogens is 486 g/mol. The molecule has 4 rings (SSSR count). The monoisotopic (exact) mass is 545 g/mol. The third-order valence-electron chi connectivity index (χ3n) is 11.4. The second-order valence-corrected chi connectivity index (χ2v) is 13.5. The summed E-state index contributed by atoms with van der Waals surface area (Å²) in [7, 11) is 2.85. The molecule has 0 aromatic rings. The number of methoxy groups -OCH3 is 1. The first-order chi connectivity index (χ1) is 18.6. The molecule has 8 unspecified atom stereocenters. The van der Waals surface area contributed by atoms with E-state index in [1.165, 1.54) is 63.8 Å². The Morgan fingerprint density at radius 3 is 2.38 bits per heavy atom. The van der Waals surface area contributed by atoms with Crippen molar-refractivity contribution in [3.05, 3.63) is 11.8 Å². The minimum atomic E-state index is -0.862. The second-order valence-electron chi connectivity index (χ2n) is 13.5. The van der Waals surface area contributed by atoms with E-state index in [9.17, 15) is 5.11 Å². The van der Waals surface area contributed by atoms with Crippen molar-refractivity contribution in [2.75, 3.05) is 27.4 Å². The number of nitrogens with two attached hydrogens (primary N) is 1. The predicted octanol–water partition coefficient (Wildman–Crippen LogP) is 6.37. The van der Waals surface area contributed by atoms with E-state index in [0.717, 1.165) is 37.9 Å². The van der Waals surface area contributed by atoms with Crippen molar-refractivity contribution in [3.63, 3.8) is 0 Å². The summed E-state index contributed by atoms with van der Waals surface area (Å²) in [5.41, 5.74) is 5.80. The van der Waals surface area contributed by atoms with Gasteiger partial charge in [0.25, 0.3) is 0 Å². The molecule has 4 fully saturated rings. The molecule has 4 aliphatic rings. The van der Waals surface area contributed by atoms with Crippen LogP contribution in [0.25, 0.3) is 0 Å². The highest BCUT2D eigenvalue weighted by Crippen LogP contribution is 2.69. The number of ether oxygens (including phenoxy) is 1. The summed E-state index contributed by atoms with van der Waals surface area (Å²) in [4.78, 5) is 4.44. The maximum Gasteiger partial charge on any atom is 0.102 e. The van der Waals surface area contributed by atoms with Crippen LogP contribution in [-0.4, -0.2) is 49.4 Å². The number of hydrogen-bond donors (Lipinski definition) is 3. The van der Waals surface area contributed by atoms with E-state index in [0.29, 0.717) is 40.7 Å². The van der Waals surface area contributed by atoms with Gasteiger partial charge in [-0.25, -0.2) is 0 Å². The van der Waals surface area contributed by atoms with Crippen LogP contribution in [0.1, 0.15) is 99.3 Å². The quantitative estimate of drug-likeness (QED) is 0.265. The van der Waals surface area contributed by atoms with Gasteiger partial charge in [-0.3, -0.25) is 4.99 Å². The van der Waals surface area contributed by atoms with Gasteiger partial charge >= 0.3 is 0 Å². The molecule has 0 heterocycles. The summed E-state index contributed by atoms with van der Waals surface area (Å²) in [6.45, 7) is 14.9. The number of rotatable bonds is 6. The smallest absolute Gasteiger partial charge is 0.102 e. The lowest BCUT2D eigenvalue weighted by Crippen LogP contribution is -2.60. The zero-order chi connectivity index (χ0) is 29.4. The summed E-state index contributed by atoms with van der Waals surface area (Å²) in [6, 6.07) is 2.04. The van der Waals surface area contributed by atoms with Gasteiger partial charge in [-0.1, -0.05) is 41.0 Å². The van der Waals surface area contributed by atoms with Gasteiger partial charge in [-0.05, 0) is 111 Å². The van der Waals surface area contributed by atoms with Crippen molar-refractivity contribution in [3.8, 4) is 6.07 Å². The molecule has 0 spiro atoms. The number of hydrogen-bond acceptors (Lipinski definition) is 6. The Morgan fingerprint density at radius 1 is 1.10 bits per heavy atom. The second kappa shape index (κ2) is 14.5. The average molecular weight is 546 g/mol. The van der Waals surface area contributed by atoms with Crippen LogP contribution in [0.3, 0.4) is 0 Å². The average Bonchev–Trinajstić information content (AvgIpc) is 2.93. The van der Waals surface area contributed by atoms with E-state index >= 15 is 0 Å². The summed E-state index contributed by atoms with van der Waals surface area (Å²) < 4.78 is 5.56. The van der Waals surface area contributed by atoms with Crippen molar-refractivity contribution < 1.29 is 14.9 Å². The van der Waals surface area contributed by atoms with Gasteiger partial charge in [0, 0.05) is 33.2 Å². The van der Waals surface area contributed by atoms with Gasteiger partial charge in [0.05, 0.1) is 17.7 Å². The molecule has 4 aliphatic carbocycles. The molecule has 0 saturated heterocycles. The van der Waals surface area contributed by atoms with Gasteiger partial charge in [-0.2, -0.15) is 5.26 Å². The highest BCUT2D eigenvalue weighted by atomic mass is 16.5. The van der Waals surface area contributed by atoms with E-state index in [2.05, 4.69) is 25.8 Å². The molecule has 0 bridgehead atoms. The molecular formula is C33H59N3O3. The summed E-state index contributed by atoms with van der Waals surface area (Å²) in [6.07, 6.45) is 14.3. The zero-order valence-corrected chi connectivity index (χ0v) is 26.2. The van der Waals surface area contributed by atoms with Crippen LogP contribution in [0.4, 0.5) is 0 Å². The Bertz CT molecular complexity index is 865. The topological polar surface area (TPSA) is 112 Å². The fourth-order valence-electron chi connectivity index (χ4n) is 9.90. The number of aliphatic hydroxyl groups is 2. The number of fused-ring (bicyclic) bond motifs is 5. The van der Waals surface area contributed by atoms with Crippen molar-refractivity contribution >= 4 is 6.21 Å². The number of nitriles is 1. The molecule has 4 saturated carbocycles. The van der Waals surface area contributed by atoms with Crippen LogP contribution in [0, 0.1) is 63.6 Å². The van der Waals surface area contributed by atoms with E-state index in [1.54, 1.807) is 0 Å². The summed E-state index contributed by atoms with van der Waals surface area (Å²) in [5, 5.41) is 27.8. The SMILES string of the molecule is CC.CO.COCC1CCC2C3CCC4C(C(C)CC[C@@H]4[C@@](C)(O)CN=C/C(C#N)=C\N)C3(C)CCC2(C)C1. The molecule has 4 N–H and O–H groups in total. The van der Waals surface area contributed by atoms with Crippen LogP contribution in [0.2, 0.25) is 0 Å². The first-order valence-electron chi connectivity index (χ1n) is 15.6. The first kappa shape index (κ1) is 33.8. The van der Waals surface area contributed by atoms with E-state index in [4.69, 9.17) is 20.8 Å². The molecule has 6 heteroatoms. The molecule has 0 aromatic heterocycles. The minimum absolute atomic E-state index is 0.261. The molecule has 0 amide bonds. The maximum atomic E-state index is 11.7. The maximum absolute atomic E-state index is 11.7. The van der Waals surface area contributed by atoms with E-state index < -0.39 is 5.60 Å². The van der Waals surface area contributed by atoms with Crippen LogP contribution in [-0.2, 0) is 4.74 Å².